The van der Waals surface area contributed by atoms with E-state index in [4.69, 9.17) is 0 Å². The van der Waals surface area contributed by atoms with Crippen LogP contribution in [-0.2, 0) is 12.7 Å². The zero-order chi connectivity index (χ0) is 14.6. The Morgan fingerprint density at radius 2 is 1.90 bits per heavy atom. The average Bonchev–Trinajstić information content (AvgIpc) is 2.45. The lowest BCUT2D eigenvalue weighted by Gasteiger charge is -2.12. The summed E-state index contributed by atoms with van der Waals surface area (Å²) >= 11 is 0. The van der Waals surface area contributed by atoms with Crippen LogP contribution in [0.4, 0.5) is 19.1 Å². The van der Waals surface area contributed by atoms with E-state index in [0.29, 0.717) is 6.29 Å². The van der Waals surface area contributed by atoms with E-state index in [9.17, 15) is 18.0 Å². The highest BCUT2D eigenvalue weighted by Gasteiger charge is 2.33. The van der Waals surface area contributed by atoms with Crippen LogP contribution in [0.1, 0.15) is 21.5 Å². The Bertz CT molecular complexity index is 598. The molecule has 0 radical (unpaired) electrons. The number of hydrogen-bond acceptors (Lipinski definition) is 5. The maximum Gasteiger partial charge on any atom is 0.416 e. The zero-order valence-electron chi connectivity index (χ0n) is 10.1. The lowest BCUT2D eigenvalue weighted by molar-refractivity contribution is -0.138. The molecule has 0 saturated heterocycles. The van der Waals surface area contributed by atoms with Crippen LogP contribution in [0.3, 0.4) is 0 Å². The first-order chi connectivity index (χ1) is 9.50. The van der Waals surface area contributed by atoms with E-state index in [2.05, 4.69) is 20.3 Å². The molecule has 104 valence electrons. The summed E-state index contributed by atoms with van der Waals surface area (Å²) in [5.41, 5.74) is -0.486. The maximum atomic E-state index is 12.7. The molecule has 0 saturated carbocycles. The van der Waals surface area contributed by atoms with Crippen LogP contribution in [0.5, 0.6) is 0 Å². The fourth-order valence-electron chi connectivity index (χ4n) is 1.51. The summed E-state index contributed by atoms with van der Waals surface area (Å²) in [7, 11) is 0. The average molecular weight is 282 g/mol. The van der Waals surface area contributed by atoms with Crippen LogP contribution in [-0.4, -0.2) is 21.2 Å². The molecule has 0 aliphatic rings. The van der Waals surface area contributed by atoms with Gasteiger partial charge in [-0.05, 0) is 6.07 Å². The first-order valence-electron chi connectivity index (χ1n) is 5.52. The van der Waals surface area contributed by atoms with E-state index in [-0.39, 0.29) is 23.6 Å². The summed E-state index contributed by atoms with van der Waals surface area (Å²) in [5, 5.41) is 2.65. The van der Waals surface area contributed by atoms with E-state index in [1.807, 2.05) is 0 Å². The fourth-order valence-corrected chi connectivity index (χ4v) is 1.51. The highest BCUT2D eigenvalue weighted by molar-refractivity contribution is 5.73. The lowest BCUT2D eigenvalue weighted by atomic mass is 10.1. The number of rotatable bonds is 4. The van der Waals surface area contributed by atoms with Gasteiger partial charge in [0, 0.05) is 36.9 Å². The first kappa shape index (κ1) is 13.9. The normalized spacial score (nSPS) is 11.2. The standard InChI is InChI=1S/C12H9F3N4O/c13-12(14,15)10-1-2-16-5-9(10)6-19-11-17-3-8(7-20)4-18-11/h1-5,7H,6H2,(H,17,18,19). The minimum absolute atomic E-state index is 0.0111. The minimum Gasteiger partial charge on any atom is -0.350 e. The van der Waals surface area contributed by atoms with Crippen molar-refractivity contribution in [2.24, 2.45) is 0 Å². The van der Waals surface area contributed by atoms with Gasteiger partial charge in [0.15, 0.2) is 6.29 Å². The van der Waals surface area contributed by atoms with Crippen molar-refractivity contribution in [3.63, 3.8) is 0 Å². The van der Waals surface area contributed by atoms with Crippen LogP contribution >= 0.6 is 0 Å². The van der Waals surface area contributed by atoms with Gasteiger partial charge in [-0.25, -0.2) is 9.97 Å². The molecule has 0 aliphatic carbocycles. The van der Waals surface area contributed by atoms with Crippen LogP contribution in [0.25, 0.3) is 0 Å². The first-order valence-corrected chi connectivity index (χ1v) is 5.52. The largest absolute Gasteiger partial charge is 0.416 e. The number of aromatic nitrogens is 3. The molecule has 0 amide bonds. The van der Waals surface area contributed by atoms with Crippen molar-refractivity contribution in [1.29, 1.82) is 0 Å². The van der Waals surface area contributed by atoms with Crippen LogP contribution in [0.2, 0.25) is 0 Å². The summed E-state index contributed by atoms with van der Waals surface area (Å²) in [6.07, 6.45) is 0.901. The van der Waals surface area contributed by atoms with Gasteiger partial charge in [0.1, 0.15) is 0 Å². The number of alkyl halides is 3. The smallest absolute Gasteiger partial charge is 0.350 e. The van der Waals surface area contributed by atoms with Gasteiger partial charge < -0.3 is 5.32 Å². The van der Waals surface area contributed by atoms with Gasteiger partial charge in [0.2, 0.25) is 5.95 Å². The third kappa shape index (κ3) is 3.28. The molecule has 0 atom stereocenters. The molecule has 2 heterocycles. The number of carbonyl (C=O) groups excluding carboxylic acids is 1. The molecule has 0 spiro atoms. The van der Waals surface area contributed by atoms with Crippen molar-refractivity contribution in [2.75, 3.05) is 5.32 Å². The van der Waals surface area contributed by atoms with Gasteiger partial charge >= 0.3 is 6.18 Å². The Labute approximate surface area is 111 Å². The Morgan fingerprint density at radius 3 is 2.50 bits per heavy atom. The number of pyridine rings is 1. The molecule has 20 heavy (non-hydrogen) atoms. The third-order valence-corrected chi connectivity index (χ3v) is 2.45. The molecule has 0 fully saturated rings. The molecule has 2 rings (SSSR count). The molecule has 0 aromatic carbocycles. The van der Waals surface area contributed by atoms with Crippen LogP contribution in [0.15, 0.2) is 30.9 Å². The molecule has 0 bridgehead atoms. The molecular formula is C12H9F3N4O. The number of hydrogen-bond donors (Lipinski definition) is 1. The van der Waals surface area contributed by atoms with Crippen molar-refractivity contribution in [2.45, 2.75) is 12.7 Å². The van der Waals surface area contributed by atoms with Crippen molar-refractivity contribution in [3.05, 3.63) is 47.5 Å². The highest BCUT2D eigenvalue weighted by atomic mass is 19.4. The topological polar surface area (TPSA) is 67.8 Å². The fraction of sp³-hybridized carbons (Fsp3) is 0.167. The minimum atomic E-state index is -4.44. The number of anilines is 1. The number of carbonyl (C=O) groups is 1. The van der Waals surface area contributed by atoms with Gasteiger partial charge in [-0.3, -0.25) is 9.78 Å². The van der Waals surface area contributed by atoms with Crippen molar-refractivity contribution in [3.8, 4) is 0 Å². The second kappa shape index (κ2) is 5.64. The van der Waals surface area contributed by atoms with Crippen LogP contribution in [0, 0.1) is 0 Å². The van der Waals surface area contributed by atoms with Crippen molar-refractivity contribution < 1.29 is 18.0 Å². The predicted octanol–water partition coefficient (Wildman–Crippen LogP) is 2.32. The van der Waals surface area contributed by atoms with Crippen LogP contribution < -0.4 is 5.32 Å². The summed E-state index contributed by atoms with van der Waals surface area (Å²) in [6.45, 7) is -0.122. The Balaban J connectivity index is 2.12. The molecule has 0 aliphatic heterocycles. The molecule has 2 aromatic heterocycles. The van der Waals surface area contributed by atoms with Gasteiger partial charge in [-0.1, -0.05) is 0 Å². The van der Waals surface area contributed by atoms with E-state index in [1.54, 1.807) is 0 Å². The van der Waals surface area contributed by atoms with E-state index >= 15 is 0 Å². The maximum absolute atomic E-state index is 12.7. The Kier molecular flexibility index (Phi) is 3.92. The second-order valence-electron chi connectivity index (χ2n) is 3.84. The highest BCUT2D eigenvalue weighted by Crippen LogP contribution is 2.31. The third-order valence-electron chi connectivity index (χ3n) is 2.45. The van der Waals surface area contributed by atoms with Gasteiger partial charge in [-0.2, -0.15) is 13.2 Å². The Morgan fingerprint density at radius 1 is 1.20 bits per heavy atom. The molecule has 5 nitrogen and oxygen atoms in total. The van der Waals surface area contributed by atoms with Crippen molar-refractivity contribution >= 4 is 12.2 Å². The number of aldehydes is 1. The number of nitrogens with zero attached hydrogens (tertiary/aromatic N) is 3. The molecule has 8 heteroatoms. The SMILES string of the molecule is O=Cc1cnc(NCc2cnccc2C(F)(F)F)nc1. The number of nitrogens with one attached hydrogen (secondary N) is 1. The van der Waals surface area contributed by atoms with E-state index in [1.165, 1.54) is 12.4 Å². The van der Waals surface area contributed by atoms with Crippen molar-refractivity contribution in [1.82, 2.24) is 15.0 Å². The number of halogens is 3. The molecule has 2 aromatic rings. The summed E-state index contributed by atoms with van der Waals surface area (Å²) < 4.78 is 38.2. The lowest BCUT2D eigenvalue weighted by Crippen LogP contribution is -2.13. The molecule has 1 N–H and O–H groups in total. The quantitative estimate of drug-likeness (QED) is 0.872. The van der Waals surface area contributed by atoms with Gasteiger partial charge in [0.05, 0.1) is 11.1 Å². The summed E-state index contributed by atoms with van der Waals surface area (Å²) in [5.74, 6) is 0.132. The van der Waals surface area contributed by atoms with Gasteiger partial charge in [-0.15, -0.1) is 0 Å². The Hall–Kier alpha value is -2.51. The molecular weight excluding hydrogens is 273 g/mol. The van der Waals surface area contributed by atoms with Gasteiger partial charge in [0.25, 0.3) is 0 Å². The van der Waals surface area contributed by atoms with E-state index < -0.39 is 11.7 Å². The summed E-state index contributed by atoms with van der Waals surface area (Å²) in [4.78, 5) is 21.7. The predicted molar refractivity (Wildman–Crippen MR) is 64.0 cm³/mol. The van der Waals surface area contributed by atoms with E-state index in [0.717, 1.165) is 18.5 Å². The molecule has 0 unspecified atom stereocenters. The second-order valence-corrected chi connectivity index (χ2v) is 3.84. The zero-order valence-corrected chi connectivity index (χ0v) is 10.1. The summed E-state index contributed by atoms with van der Waals surface area (Å²) in [6, 6.07) is 0.910. The monoisotopic (exact) mass is 282 g/mol.